The van der Waals surface area contributed by atoms with Gasteiger partial charge in [-0.05, 0) is 48.2 Å². The fourth-order valence-corrected chi connectivity index (χ4v) is 2.66. The molecule has 3 rings (SSSR count). The Morgan fingerprint density at radius 2 is 1.68 bits per heavy atom. The van der Waals surface area contributed by atoms with E-state index in [9.17, 15) is 0 Å². The molecular formula is C18H19N. The van der Waals surface area contributed by atoms with Crippen LogP contribution in [-0.2, 0) is 0 Å². The zero-order valence-corrected chi connectivity index (χ0v) is 11.1. The largest absolute Gasteiger partial charge is 0.289 e. The van der Waals surface area contributed by atoms with Crippen LogP contribution in [0.15, 0.2) is 59.6 Å². The van der Waals surface area contributed by atoms with E-state index < -0.39 is 0 Å². The van der Waals surface area contributed by atoms with Gasteiger partial charge in [-0.3, -0.25) is 4.99 Å². The van der Waals surface area contributed by atoms with Crippen LogP contribution in [0.25, 0.3) is 11.1 Å². The second-order valence-electron chi connectivity index (χ2n) is 5.12. The minimum absolute atomic E-state index is 0.353. The van der Waals surface area contributed by atoms with Gasteiger partial charge in [0.15, 0.2) is 0 Å². The van der Waals surface area contributed by atoms with Crippen molar-refractivity contribution in [1.29, 1.82) is 0 Å². The number of benzene rings is 2. The zero-order chi connectivity index (χ0) is 12.9. The van der Waals surface area contributed by atoms with Gasteiger partial charge < -0.3 is 0 Å². The maximum atomic E-state index is 4.70. The lowest BCUT2D eigenvalue weighted by molar-refractivity contribution is 0.618. The molecule has 1 atom stereocenters. The lowest BCUT2D eigenvalue weighted by atomic mass is 9.97. The van der Waals surface area contributed by atoms with Crippen LogP contribution in [0.4, 0.5) is 0 Å². The van der Waals surface area contributed by atoms with Crippen molar-refractivity contribution in [2.24, 2.45) is 4.99 Å². The van der Waals surface area contributed by atoms with Gasteiger partial charge in [0.1, 0.15) is 0 Å². The summed E-state index contributed by atoms with van der Waals surface area (Å²) in [6.45, 7) is 0. The molecule has 0 radical (unpaired) electrons. The van der Waals surface area contributed by atoms with Crippen molar-refractivity contribution in [3.05, 3.63) is 60.2 Å². The molecule has 2 aromatic carbocycles. The van der Waals surface area contributed by atoms with E-state index in [1.165, 1.54) is 36.0 Å². The van der Waals surface area contributed by atoms with Crippen molar-refractivity contribution in [3.63, 3.8) is 0 Å². The van der Waals surface area contributed by atoms with E-state index >= 15 is 0 Å². The normalized spacial score (nSPS) is 19.1. The lowest BCUT2D eigenvalue weighted by Crippen LogP contribution is -1.94. The van der Waals surface area contributed by atoms with Gasteiger partial charge in [-0.2, -0.15) is 0 Å². The Balaban J connectivity index is 1.91. The Kier molecular flexibility index (Phi) is 3.73. The van der Waals surface area contributed by atoms with Gasteiger partial charge in [0.2, 0.25) is 0 Å². The van der Waals surface area contributed by atoms with E-state index in [2.05, 4.69) is 60.8 Å². The summed E-state index contributed by atoms with van der Waals surface area (Å²) in [5, 5.41) is 0. The monoisotopic (exact) mass is 249 g/mol. The van der Waals surface area contributed by atoms with Crippen LogP contribution in [0.5, 0.6) is 0 Å². The number of hydrogen-bond acceptors (Lipinski definition) is 1. The number of aliphatic imine (C=N–C) groups is 1. The van der Waals surface area contributed by atoms with Crippen LogP contribution >= 0.6 is 0 Å². The third-order valence-electron chi connectivity index (χ3n) is 3.72. The topological polar surface area (TPSA) is 12.4 Å². The zero-order valence-electron chi connectivity index (χ0n) is 11.1. The molecule has 19 heavy (non-hydrogen) atoms. The van der Waals surface area contributed by atoms with Crippen molar-refractivity contribution < 1.29 is 0 Å². The van der Waals surface area contributed by atoms with Crippen molar-refractivity contribution >= 4 is 6.21 Å². The van der Waals surface area contributed by atoms with Gasteiger partial charge in [0, 0.05) is 0 Å². The first kappa shape index (κ1) is 12.2. The lowest BCUT2D eigenvalue weighted by Gasteiger charge is -2.12. The summed E-state index contributed by atoms with van der Waals surface area (Å²) >= 11 is 0. The standard InChI is InChI=1S/C18H19N/c1-3-8-15(9-4-1)16-10-7-11-17(14-16)18-12-5-2-6-13-19-18/h1,3-4,7-11,13-14,18H,2,5-6,12H2. The molecule has 1 heteroatoms. The fraction of sp³-hybridized carbons (Fsp3) is 0.278. The smallest absolute Gasteiger partial charge is 0.0745 e. The van der Waals surface area contributed by atoms with Crippen LogP contribution < -0.4 is 0 Å². The molecule has 1 unspecified atom stereocenters. The fourth-order valence-electron chi connectivity index (χ4n) is 2.66. The quantitative estimate of drug-likeness (QED) is 0.707. The highest BCUT2D eigenvalue weighted by Gasteiger charge is 2.11. The molecule has 0 amide bonds. The van der Waals surface area contributed by atoms with E-state index in [1.54, 1.807) is 0 Å². The van der Waals surface area contributed by atoms with E-state index in [0.29, 0.717) is 6.04 Å². The van der Waals surface area contributed by atoms with E-state index in [0.717, 1.165) is 6.42 Å². The van der Waals surface area contributed by atoms with E-state index in [1.807, 2.05) is 0 Å². The first-order valence-corrected chi connectivity index (χ1v) is 7.10. The summed E-state index contributed by atoms with van der Waals surface area (Å²) in [5.41, 5.74) is 3.92. The molecule has 0 saturated heterocycles. The summed E-state index contributed by atoms with van der Waals surface area (Å²) in [4.78, 5) is 4.70. The summed E-state index contributed by atoms with van der Waals surface area (Å²) in [6, 6.07) is 19.7. The van der Waals surface area contributed by atoms with Crippen molar-refractivity contribution in [2.75, 3.05) is 0 Å². The summed E-state index contributed by atoms with van der Waals surface area (Å²) in [6.07, 6.45) is 6.97. The molecular weight excluding hydrogens is 230 g/mol. The van der Waals surface area contributed by atoms with Crippen LogP contribution in [0.1, 0.15) is 37.3 Å². The Bertz CT molecular complexity index is 557. The number of rotatable bonds is 2. The molecule has 0 aliphatic carbocycles. The van der Waals surface area contributed by atoms with Gasteiger partial charge in [0.05, 0.1) is 6.04 Å². The second-order valence-corrected chi connectivity index (χ2v) is 5.12. The highest BCUT2D eigenvalue weighted by Crippen LogP contribution is 2.29. The molecule has 0 saturated carbocycles. The maximum Gasteiger partial charge on any atom is 0.0745 e. The Morgan fingerprint density at radius 3 is 2.58 bits per heavy atom. The molecule has 0 fully saturated rings. The van der Waals surface area contributed by atoms with Gasteiger partial charge >= 0.3 is 0 Å². The Hall–Kier alpha value is -1.89. The van der Waals surface area contributed by atoms with Crippen LogP contribution in [0.2, 0.25) is 0 Å². The maximum absolute atomic E-state index is 4.70. The van der Waals surface area contributed by atoms with E-state index in [4.69, 9.17) is 4.99 Å². The molecule has 0 bridgehead atoms. The van der Waals surface area contributed by atoms with Gasteiger partial charge in [-0.15, -0.1) is 0 Å². The van der Waals surface area contributed by atoms with Crippen molar-refractivity contribution in [3.8, 4) is 11.1 Å². The molecule has 1 nitrogen and oxygen atoms in total. The molecule has 0 aromatic heterocycles. The van der Waals surface area contributed by atoms with Crippen LogP contribution in [-0.4, -0.2) is 6.21 Å². The molecule has 0 spiro atoms. The minimum atomic E-state index is 0.353. The molecule has 96 valence electrons. The molecule has 0 N–H and O–H groups in total. The van der Waals surface area contributed by atoms with E-state index in [-0.39, 0.29) is 0 Å². The second kappa shape index (κ2) is 5.83. The predicted octanol–water partition coefficient (Wildman–Crippen LogP) is 5.04. The van der Waals surface area contributed by atoms with Gasteiger partial charge in [-0.25, -0.2) is 0 Å². The summed E-state index contributed by atoms with van der Waals surface area (Å²) in [5.74, 6) is 0. The number of nitrogens with zero attached hydrogens (tertiary/aromatic N) is 1. The van der Waals surface area contributed by atoms with Crippen molar-refractivity contribution in [2.45, 2.75) is 31.7 Å². The molecule has 1 aliphatic heterocycles. The van der Waals surface area contributed by atoms with Crippen molar-refractivity contribution in [1.82, 2.24) is 0 Å². The SMILES string of the molecule is C1=NC(c2cccc(-c3ccccc3)c2)CCCC1. The average molecular weight is 249 g/mol. The average Bonchev–Trinajstić information content (AvgIpc) is 2.77. The predicted molar refractivity (Wildman–Crippen MR) is 81.6 cm³/mol. The molecule has 1 aliphatic rings. The number of hydrogen-bond donors (Lipinski definition) is 0. The van der Waals surface area contributed by atoms with Crippen LogP contribution in [0.3, 0.4) is 0 Å². The summed E-state index contributed by atoms with van der Waals surface area (Å²) in [7, 11) is 0. The van der Waals surface area contributed by atoms with Gasteiger partial charge in [-0.1, -0.05) is 55.0 Å². The third-order valence-corrected chi connectivity index (χ3v) is 3.72. The Morgan fingerprint density at radius 1 is 0.842 bits per heavy atom. The highest BCUT2D eigenvalue weighted by atomic mass is 14.8. The first-order valence-electron chi connectivity index (χ1n) is 7.10. The summed E-state index contributed by atoms with van der Waals surface area (Å²) < 4.78 is 0. The van der Waals surface area contributed by atoms with Crippen LogP contribution in [0, 0.1) is 0 Å². The first-order chi connectivity index (χ1) is 9.43. The molecule has 1 heterocycles. The third kappa shape index (κ3) is 2.93. The highest BCUT2D eigenvalue weighted by molar-refractivity contribution is 5.64. The molecule has 2 aromatic rings. The minimum Gasteiger partial charge on any atom is -0.289 e. The Labute approximate surface area is 115 Å². The van der Waals surface area contributed by atoms with Gasteiger partial charge in [0.25, 0.3) is 0 Å².